The van der Waals surface area contributed by atoms with E-state index in [4.69, 9.17) is 0 Å². The van der Waals surface area contributed by atoms with E-state index >= 15 is 0 Å². The molecule has 0 saturated carbocycles. The molecule has 3 aromatic heterocycles. The lowest BCUT2D eigenvalue weighted by Gasteiger charge is -2.21. The van der Waals surface area contributed by atoms with Crippen LogP contribution in [0.5, 0.6) is 0 Å². The molecule has 0 fully saturated rings. The smallest absolute Gasteiger partial charge is 0.346 e. The molecule has 0 unspecified atom stereocenters. The van der Waals surface area contributed by atoms with Crippen LogP contribution < -0.4 is 5.32 Å². The van der Waals surface area contributed by atoms with Gasteiger partial charge in [0.05, 0.1) is 17.1 Å². The minimum atomic E-state index is -5.97. The number of nitrogens with one attached hydrogen (secondary N) is 1. The lowest BCUT2D eigenvalue weighted by atomic mass is 10.1. The third-order valence-electron chi connectivity index (χ3n) is 6.77. The standard InChI is InChI=1S/C31H20F6N6O/c32-22-13-11-19(12-14-22)24-15-26(30(33,34)31(35,36)37)43-27(39-24)16-25(40-43)29(44)38-17-21-18-42(23-9-5-2-6-10-23)41-28(21)20-7-3-1-4-8-20/h1-16,18H,17H2,(H,38,44). The second-order valence-electron chi connectivity index (χ2n) is 9.74. The number of carbonyl (C=O) groups is 1. The van der Waals surface area contributed by atoms with E-state index in [0.717, 1.165) is 29.4 Å². The summed E-state index contributed by atoms with van der Waals surface area (Å²) in [5, 5.41) is 11.1. The Balaban J connectivity index is 1.36. The highest BCUT2D eigenvalue weighted by Gasteiger charge is 2.60. The van der Waals surface area contributed by atoms with Crippen molar-refractivity contribution in [2.24, 2.45) is 0 Å². The number of para-hydroxylation sites is 1. The topological polar surface area (TPSA) is 77.1 Å². The molecule has 3 aromatic carbocycles. The van der Waals surface area contributed by atoms with E-state index in [1.165, 1.54) is 12.1 Å². The van der Waals surface area contributed by atoms with Crippen LogP contribution in [0, 0.1) is 5.82 Å². The monoisotopic (exact) mass is 606 g/mol. The highest BCUT2D eigenvalue weighted by atomic mass is 19.4. The zero-order valence-electron chi connectivity index (χ0n) is 22.4. The van der Waals surface area contributed by atoms with Crippen LogP contribution in [-0.4, -0.2) is 36.5 Å². The maximum absolute atomic E-state index is 14.7. The molecule has 0 aliphatic rings. The number of halogens is 6. The Labute approximate surface area is 245 Å². The van der Waals surface area contributed by atoms with E-state index in [9.17, 15) is 31.1 Å². The van der Waals surface area contributed by atoms with Gasteiger partial charge in [0.2, 0.25) is 0 Å². The van der Waals surface area contributed by atoms with Crippen LogP contribution in [-0.2, 0) is 12.5 Å². The Morgan fingerprint density at radius 1 is 0.795 bits per heavy atom. The molecule has 44 heavy (non-hydrogen) atoms. The Kier molecular flexibility index (Phi) is 7.15. The summed E-state index contributed by atoms with van der Waals surface area (Å²) >= 11 is 0. The van der Waals surface area contributed by atoms with Gasteiger partial charge in [-0.25, -0.2) is 18.6 Å². The number of nitrogens with zero attached hydrogens (tertiary/aromatic N) is 5. The molecule has 0 atom stereocenters. The van der Waals surface area contributed by atoms with Gasteiger partial charge in [0.15, 0.2) is 11.3 Å². The number of amides is 1. The Hall–Kier alpha value is -5.46. The zero-order valence-corrected chi connectivity index (χ0v) is 22.4. The summed E-state index contributed by atoms with van der Waals surface area (Å²) in [4.78, 5) is 17.3. The molecule has 1 N–H and O–H groups in total. The van der Waals surface area contributed by atoms with Crippen molar-refractivity contribution in [1.29, 1.82) is 0 Å². The Morgan fingerprint density at radius 2 is 1.45 bits per heavy atom. The molecular formula is C31H20F6N6O. The highest BCUT2D eigenvalue weighted by Crippen LogP contribution is 2.44. The van der Waals surface area contributed by atoms with Crippen molar-refractivity contribution in [2.75, 3.05) is 0 Å². The minimum absolute atomic E-state index is 0.0659. The third kappa shape index (κ3) is 5.39. The molecule has 3 heterocycles. The number of benzene rings is 3. The Morgan fingerprint density at radius 3 is 2.11 bits per heavy atom. The van der Waals surface area contributed by atoms with Crippen LogP contribution in [0.4, 0.5) is 26.3 Å². The van der Waals surface area contributed by atoms with Gasteiger partial charge in [0, 0.05) is 35.5 Å². The molecule has 0 spiro atoms. The largest absolute Gasteiger partial charge is 0.459 e. The first-order chi connectivity index (χ1) is 21.0. The fourth-order valence-electron chi connectivity index (χ4n) is 4.58. The summed E-state index contributed by atoms with van der Waals surface area (Å²) in [6, 6.07) is 24.4. The first kappa shape index (κ1) is 28.6. The van der Waals surface area contributed by atoms with Gasteiger partial charge in [-0.15, -0.1) is 0 Å². The van der Waals surface area contributed by atoms with E-state index in [2.05, 4.69) is 20.5 Å². The molecule has 6 aromatic rings. The second kappa shape index (κ2) is 11.0. The van der Waals surface area contributed by atoms with Crippen molar-refractivity contribution >= 4 is 11.6 Å². The number of alkyl halides is 5. The minimum Gasteiger partial charge on any atom is -0.346 e. The molecule has 222 valence electrons. The molecule has 0 saturated heterocycles. The number of rotatable bonds is 7. The van der Waals surface area contributed by atoms with E-state index in [-0.39, 0.29) is 22.3 Å². The normalized spacial score (nSPS) is 12.0. The molecule has 1 amide bonds. The summed E-state index contributed by atoms with van der Waals surface area (Å²) < 4.78 is 85.1. The molecule has 0 radical (unpaired) electrons. The van der Waals surface area contributed by atoms with Gasteiger partial charge in [0.25, 0.3) is 5.91 Å². The van der Waals surface area contributed by atoms with Crippen molar-refractivity contribution in [3.8, 4) is 28.2 Å². The van der Waals surface area contributed by atoms with Gasteiger partial charge in [-0.2, -0.15) is 32.1 Å². The van der Waals surface area contributed by atoms with E-state index in [1.807, 2.05) is 60.7 Å². The second-order valence-corrected chi connectivity index (χ2v) is 9.74. The summed E-state index contributed by atoms with van der Waals surface area (Å²) in [5.41, 5.74) is 0.0970. The van der Waals surface area contributed by atoms with Gasteiger partial charge in [0.1, 0.15) is 11.5 Å². The molecule has 0 bridgehead atoms. The SMILES string of the molecule is O=C(NCc1cn(-c2ccccc2)nc1-c1ccccc1)c1cc2nc(-c3ccc(F)cc3)cc(C(F)(F)C(F)(F)F)n2n1. The van der Waals surface area contributed by atoms with Gasteiger partial charge in [-0.05, 0) is 42.5 Å². The third-order valence-corrected chi connectivity index (χ3v) is 6.77. The first-order valence-corrected chi connectivity index (χ1v) is 13.1. The molecule has 0 aliphatic carbocycles. The number of hydrogen-bond acceptors (Lipinski definition) is 4. The van der Waals surface area contributed by atoms with Gasteiger partial charge >= 0.3 is 12.1 Å². The fraction of sp³-hybridized carbons (Fsp3) is 0.0968. The molecule has 6 rings (SSSR count). The summed E-state index contributed by atoms with van der Waals surface area (Å²) in [6.07, 6.45) is -4.25. The lowest BCUT2D eigenvalue weighted by Crippen LogP contribution is -2.36. The van der Waals surface area contributed by atoms with E-state index < -0.39 is 40.9 Å². The summed E-state index contributed by atoms with van der Waals surface area (Å²) in [7, 11) is 0. The maximum atomic E-state index is 14.7. The number of hydrogen-bond donors (Lipinski definition) is 1. The van der Waals surface area contributed by atoms with E-state index in [1.54, 1.807) is 10.9 Å². The van der Waals surface area contributed by atoms with Crippen LogP contribution in [0.25, 0.3) is 33.8 Å². The van der Waals surface area contributed by atoms with Gasteiger partial charge in [-0.3, -0.25) is 4.79 Å². The summed E-state index contributed by atoms with van der Waals surface area (Å²) in [5.74, 6) is -6.82. The van der Waals surface area contributed by atoms with Crippen LogP contribution in [0.15, 0.2) is 103 Å². The van der Waals surface area contributed by atoms with Crippen LogP contribution >= 0.6 is 0 Å². The zero-order chi connectivity index (χ0) is 31.1. The van der Waals surface area contributed by atoms with Gasteiger partial charge < -0.3 is 5.32 Å². The number of carbonyl (C=O) groups excluding carboxylic acids is 1. The predicted molar refractivity (Wildman–Crippen MR) is 149 cm³/mol. The van der Waals surface area contributed by atoms with Crippen molar-refractivity contribution in [3.63, 3.8) is 0 Å². The van der Waals surface area contributed by atoms with Crippen molar-refractivity contribution in [3.05, 3.63) is 126 Å². The molecule has 0 aliphatic heterocycles. The predicted octanol–water partition coefficient (Wildman–Crippen LogP) is 6.97. The average molecular weight is 607 g/mol. The lowest BCUT2D eigenvalue weighted by molar-refractivity contribution is -0.291. The molecule has 13 heteroatoms. The van der Waals surface area contributed by atoms with Crippen molar-refractivity contribution in [1.82, 2.24) is 29.7 Å². The van der Waals surface area contributed by atoms with Crippen LogP contribution in [0.2, 0.25) is 0 Å². The van der Waals surface area contributed by atoms with Crippen LogP contribution in [0.3, 0.4) is 0 Å². The Bertz CT molecular complexity index is 1950. The highest BCUT2D eigenvalue weighted by molar-refractivity contribution is 5.93. The number of aromatic nitrogens is 5. The van der Waals surface area contributed by atoms with E-state index in [0.29, 0.717) is 17.3 Å². The van der Waals surface area contributed by atoms with Crippen molar-refractivity contribution in [2.45, 2.75) is 18.6 Å². The molecular weight excluding hydrogens is 586 g/mol. The first-order valence-electron chi connectivity index (χ1n) is 13.1. The quantitative estimate of drug-likeness (QED) is 0.199. The van der Waals surface area contributed by atoms with Gasteiger partial charge in [-0.1, -0.05) is 48.5 Å². The molecule has 7 nitrogen and oxygen atoms in total. The van der Waals surface area contributed by atoms with Crippen LogP contribution in [0.1, 0.15) is 21.7 Å². The maximum Gasteiger partial charge on any atom is 0.459 e. The summed E-state index contributed by atoms with van der Waals surface area (Å²) in [6.45, 7) is -0.0659. The van der Waals surface area contributed by atoms with Crippen molar-refractivity contribution < 1.29 is 31.1 Å². The fourth-order valence-corrected chi connectivity index (χ4v) is 4.58. The average Bonchev–Trinajstić information content (AvgIpc) is 3.65. The number of fused-ring (bicyclic) bond motifs is 1.